The summed E-state index contributed by atoms with van der Waals surface area (Å²) in [6.07, 6.45) is 3.25. The van der Waals surface area contributed by atoms with Crippen LogP contribution in [0.25, 0.3) is 0 Å². The lowest BCUT2D eigenvalue weighted by atomic mass is 10.2. The van der Waals surface area contributed by atoms with E-state index in [9.17, 15) is 8.78 Å². The van der Waals surface area contributed by atoms with E-state index < -0.39 is 11.6 Å². The maximum atomic E-state index is 13.6. The zero-order valence-corrected chi connectivity index (χ0v) is 9.97. The van der Waals surface area contributed by atoms with Gasteiger partial charge in [0.05, 0.1) is 16.0 Å². The number of rotatable bonds is 3. The Morgan fingerprint density at radius 2 is 2.00 bits per heavy atom. The van der Waals surface area contributed by atoms with Gasteiger partial charge in [-0.3, -0.25) is 4.68 Å². The number of nitrogens with two attached hydrogens (primary N) is 1. The third-order valence-corrected chi connectivity index (χ3v) is 3.24. The summed E-state index contributed by atoms with van der Waals surface area (Å²) in [7, 11) is 1.74. The van der Waals surface area contributed by atoms with E-state index in [0.717, 1.165) is 11.8 Å². The topological polar surface area (TPSA) is 43.8 Å². The summed E-state index contributed by atoms with van der Waals surface area (Å²) in [6, 6.07) is 2.50. The fourth-order valence-electron chi connectivity index (χ4n) is 1.40. The van der Waals surface area contributed by atoms with Gasteiger partial charge in [-0.05, 0) is 17.7 Å². The summed E-state index contributed by atoms with van der Waals surface area (Å²) < 4.78 is 28.9. The summed E-state index contributed by atoms with van der Waals surface area (Å²) >= 11 is 1.01. The van der Waals surface area contributed by atoms with Gasteiger partial charge in [0.1, 0.15) is 11.6 Å². The van der Waals surface area contributed by atoms with Crippen LogP contribution in [0.5, 0.6) is 0 Å². The first-order valence-electron chi connectivity index (χ1n) is 4.94. The average Bonchev–Trinajstić information content (AvgIpc) is 2.69. The van der Waals surface area contributed by atoms with E-state index in [1.165, 1.54) is 12.1 Å². The fraction of sp³-hybridized carbons (Fsp3) is 0.182. The molecule has 17 heavy (non-hydrogen) atoms. The number of aromatic nitrogens is 2. The van der Waals surface area contributed by atoms with Crippen LogP contribution in [-0.2, 0) is 13.6 Å². The molecule has 0 unspecified atom stereocenters. The fourth-order valence-corrected chi connectivity index (χ4v) is 2.25. The highest BCUT2D eigenvalue weighted by Gasteiger charge is 2.13. The second-order valence-electron chi connectivity index (χ2n) is 3.54. The predicted octanol–water partition coefficient (Wildman–Crippen LogP) is 2.31. The van der Waals surface area contributed by atoms with E-state index in [2.05, 4.69) is 5.10 Å². The van der Waals surface area contributed by atoms with Crippen LogP contribution in [0.4, 0.5) is 8.78 Å². The van der Waals surface area contributed by atoms with Gasteiger partial charge in [0, 0.05) is 19.8 Å². The number of halogens is 2. The molecule has 0 amide bonds. The number of aryl methyl sites for hydroxylation is 1. The quantitative estimate of drug-likeness (QED) is 0.915. The second kappa shape index (κ2) is 4.85. The SMILES string of the molecule is Cn1cc(Sc2c(F)cc(CN)cc2F)cn1. The van der Waals surface area contributed by atoms with E-state index in [1.807, 2.05) is 0 Å². The molecule has 1 aromatic carbocycles. The van der Waals surface area contributed by atoms with Crippen LogP contribution in [0.1, 0.15) is 5.56 Å². The second-order valence-corrected chi connectivity index (χ2v) is 4.63. The highest BCUT2D eigenvalue weighted by atomic mass is 32.2. The molecular formula is C11H11F2N3S. The molecule has 2 aromatic rings. The van der Waals surface area contributed by atoms with E-state index in [-0.39, 0.29) is 11.4 Å². The van der Waals surface area contributed by atoms with Crippen LogP contribution >= 0.6 is 11.8 Å². The molecule has 0 saturated heterocycles. The molecule has 2 N–H and O–H groups in total. The van der Waals surface area contributed by atoms with Gasteiger partial charge in [-0.2, -0.15) is 5.10 Å². The van der Waals surface area contributed by atoms with Crippen molar-refractivity contribution in [2.45, 2.75) is 16.3 Å². The number of hydrogen-bond donors (Lipinski definition) is 1. The number of hydrogen-bond acceptors (Lipinski definition) is 3. The molecule has 0 spiro atoms. The maximum Gasteiger partial charge on any atom is 0.140 e. The largest absolute Gasteiger partial charge is 0.326 e. The molecule has 1 aromatic heterocycles. The van der Waals surface area contributed by atoms with Crippen molar-refractivity contribution in [1.82, 2.24) is 9.78 Å². The first-order chi connectivity index (χ1) is 8.10. The highest BCUT2D eigenvalue weighted by molar-refractivity contribution is 7.99. The van der Waals surface area contributed by atoms with E-state index in [4.69, 9.17) is 5.73 Å². The predicted molar refractivity (Wildman–Crippen MR) is 61.6 cm³/mol. The van der Waals surface area contributed by atoms with Crippen molar-refractivity contribution in [1.29, 1.82) is 0 Å². The highest BCUT2D eigenvalue weighted by Crippen LogP contribution is 2.32. The van der Waals surface area contributed by atoms with Crippen LogP contribution in [0, 0.1) is 11.6 Å². The molecule has 90 valence electrons. The Balaban J connectivity index is 2.33. The first-order valence-corrected chi connectivity index (χ1v) is 5.76. The van der Waals surface area contributed by atoms with Gasteiger partial charge in [-0.15, -0.1) is 0 Å². The van der Waals surface area contributed by atoms with Crippen molar-refractivity contribution < 1.29 is 8.78 Å². The standard InChI is InChI=1S/C11H11F2N3S/c1-16-6-8(5-15-16)17-11-9(12)2-7(4-14)3-10(11)13/h2-3,5-6H,4,14H2,1H3. The Labute approximate surface area is 102 Å². The lowest BCUT2D eigenvalue weighted by Crippen LogP contribution is -1.99. The summed E-state index contributed by atoms with van der Waals surface area (Å²) in [5.74, 6) is -1.20. The number of benzene rings is 1. The van der Waals surface area contributed by atoms with Crippen LogP contribution in [0.3, 0.4) is 0 Å². The van der Waals surface area contributed by atoms with Gasteiger partial charge in [0.25, 0.3) is 0 Å². The molecule has 0 aliphatic rings. The van der Waals surface area contributed by atoms with Crippen LogP contribution < -0.4 is 5.73 Å². The van der Waals surface area contributed by atoms with Gasteiger partial charge in [-0.1, -0.05) is 11.8 Å². The molecule has 0 bridgehead atoms. The normalized spacial score (nSPS) is 10.8. The monoisotopic (exact) mass is 255 g/mol. The first kappa shape index (κ1) is 12.1. The van der Waals surface area contributed by atoms with Crippen molar-refractivity contribution in [3.63, 3.8) is 0 Å². The smallest absolute Gasteiger partial charge is 0.140 e. The molecule has 3 nitrogen and oxygen atoms in total. The zero-order chi connectivity index (χ0) is 12.4. The lowest BCUT2D eigenvalue weighted by molar-refractivity contribution is 0.537. The van der Waals surface area contributed by atoms with E-state index in [0.29, 0.717) is 10.5 Å². The van der Waals surface area contributed by atoms with Crippen molar-refractivity contribution in [2.75, 3.05) is 0 Å². The minimum Gasteiger partial charge on any atom is -0.326 e. The molecule has 0 aliphatic heterocycles. The Kier molecular flexibility index (Phi) is 3.44. The Bertz CT molecular complexity index is 516. The van der Waals surface area contributed by atoms with Gasteiger partial charge in [0.15, 0.2) is 0 Å². The molecule has 1 heterocycles. The molecule has 0 radical (unpaired) electrons. The summed E-state index contributed by atoms with van der Waals surface area (Å²) in [6.45, 7) is 0.117. The Morgan fingerprint density at radius 3 is 2.47 bits per heavy atom. The minimum atomic E-state index is -0.598. The summed E-state index contributed by atoms with van der Waals surface area (Å²) in [5, 5.41) is 3.94. The van der Waals surface area contributed by atoms with Gasteiger partial charge in [0.2, 0.25) is 0 Å². The average molecular weight is 255 g/mol. The van der Waals surface area contributed by atoms with Gasteiger partial charge in [-0.25, -0.2) is 8.78 Å². The summed E-state index contributed by atoms with van der Waals surface area (Å²) in [5.41, 5.74) is 5.78. The Hall–Kier alpha value is -1.40. The third-order valence-electron chi connectivity index (χ3n) is 2.19. The van der Waals surface area contributed by atoms with E-state index in [1.54, 1.807) is 24.1 Å². The number of nitrogens with zero attached hydrogens (tertiary/aromatic N) is 2. The minimum absolute atomic E-state index is 0.0322. The maximum absolute atomic E-state index is 13.6. The van der Waals surface area contributed by atoms with Gasteiger partial charge >= 0.3 is 0 Å². The van der Waals surface area contributed by atoms with Crippen molar-refractivity contribution in [3.05, 3.63) is 41.7 Å². The molecule has 0 saturated carbocycles. The van der Waals surface area contributed by atoms with E-state index >= 15 is 0 Å². The van der Waals surface area contributed by atoms with Crippen molar-refractivity contribution >= 4 is 11.8 Å². The lowest BCUT2D eigenvalue weighted by Gasteiger charge is -2.05. The van der Waals surface area contributed by atoms with Crippen molar-refractivity contribution in [2.24, 2.45) is 12.8 Å². The molecule has 0 fully saturated rings. The van der Waals surface area contributed by atoms with Crippen LogP contribution in [-0.4, -0.2) is 9.78 Å². The third kappa shape index (κ3) is 2.65. The molecule has 0 atom stereocenters. The van der Waals surface area contributed by atoms with Crippen LogP contribution in [0.15, 0.2) is 34.3 Å². The molecular weight excluding hydrogens is 244 g/mol. The molecule has 6 heteroatoms. The summed E-state index contributed by atoms with van der Waals surface area (Å²) in [4.78, 5) is 0.654. The van der Waals surface area contributed by atoms with Crippen molar-refractivity contribution in [3.8, 4) is 0 Å². The van der Waals surface area contributed by atoms with Gasteiger partial charge < -0.3 is 5.73 Å². The van der Waals surface area contributed by atoms with Crippen LogP contribution in [0.2, 0.25) is 0 Å². The Morgan fingerprint density at radius 1 is 1.35 bits per heavy atom. The molecule has 0 aliphatic carbocycles. The molecule has 2 rings (SSSR count). The zero-order valence-electron chi connectivity index (χ0n) is 9.15.